The predicted octanol–water partition coefficient (Wildman–Crippen LogP) is 3.21. The summed E-state index contributed by atoms with van der Waals surface area (Å²) in [6, 6.07) is 12.6. The van der Waals surface area contributed by atoms with Crippen molar-refractivity contribution in [3.05, 3.63) is 54.0 Å². The molecule has 0 aliphatic heterocycles. The number of fused-ring (bicyclic) bond motifs is 1. The van der Waals surface area contributed by atoms with Crippen LogP contribution in [0.1, 0.15) is 16.3 Å². The fraction of sp³-hybridized carbons (Fsp3) is 0.167. The van der Waals surface area contributed by atoms with Crippen LogP contribution in [0.25, 0.3) is 10.9 Å². The number of methoxy groups -OCH3 is 2. The predicted molar refractivity (Wildman–Crippen MR) is 91.8 cm³/mol. The van der Waals surface area contributed by atoms with Crippen LogP contribution in [0, 0.1) is 6.92 Å². The molecule has 0 aliphatic carbocycles. The van der Waals surface area contributed by atoms with Crippen LogP contribution in [-0.4, -0.2) is 30.1 Å². The van der Waals surface area contributed by atoms with E-state index in [1.54, 1.807) is 39.3 Å². The number of aromatic nitrogens is 2. The zero-order valence-electron chi connectivity index (χ0n) is 13.7. The minimum Gasteiger partial charge on any atom is -0.493 e. The van der Waals surface area contributed by atoms with E-state index in [9.17, 15) is 4.79 Å². The van der Waals surface area contributed by atoms with Crippen LogP contribution in [0.15, 0.2) is 42.5 Å². The maximum absolute atomic E-state index is 12.7. The Hall–Kier alpha value is -3.15. The SMILES string of the molecule is COc1ccc(NC(=O)c2nc(C)nc3ccccc23)cc1OC. The van der Waals surface area contributed by atoms with Crippen molar-refractivity contribution < 1.29 is 14.3 Å². The lowest BCUT2D eigenvalue weighted by molar-refractivity contribution is 0.102. The molecule has 24 heavy (non-hydrogen) atoms. The highest BCUT2D eigenvalue weighted by atomic mass is 16.5. The average Bonchev–Trinajstić information content (AvgIpc) is 2.60. The van der Waals surface area contributed by atoms with Gasteiger partial charge in [0.05, 0.1) is 19.7 Å². The van der Waals surface area contributed by atoms with E-state index < -0.39 is 0 Å². The first-order valence-corrected chi connectivity index (χ1v) is 7.39. The number of ether oxygens (including phenoxy) is 2. The summed E-state index contributed by atoms with van der Waals surface area (Å²) in [5.74, 6) is 1.38. The van der Waals surface area contributed by atoms with Crippen molar-refractivity contribution in [2.75, 3.05) is 19.5 Å². The molecule has 0 bridgehead atoms. The molecule has 1 heterocycles. The highest BCUT2D eigenvalue weighted by molar-refractivity contribution is 6.10. The lowest BCUT2D eigenvalue weighted by Gasteiger charge is -2.11. The number of nitrogens with zero attached hydrogens (tertiary/aromatic N) is 2. The summed E-state index contributed by atoms with van der Waals surface area (Å²) >= 11 is 0. The van der Waals surface area contributed by atoms with Gasteiger partial charge in [-0.25, -0.2) is 9.97 Å². The van der Waals surface area contributed by atoms with Gasteiger partial charge >= 0.3 is 0 Å². The Morgan fingerprint density at radius 2 is 1.75 bits per heavy atom. The van der Waals surface area contributed by atoms with Gasteiger partial charge in [0, 0.05) is 17.1 Å². The zero-order chi connectivity index (χ0) is 17.1. The van der Waals surface area contributed by atoms with Crippen LogP contribution in [-0.2, 0) is 0 Å². The van der Waals surface area contributed by atoms with E-state index >= 15 is 0 Å². The summed E-state index contributed by atoms with van der Waals surface area (Å²) < 4.78 is 10.4. The number of anilines is 1. The average molecular weight is 323 g/mol. The van der Waals surface area contributed by atoms with Crippen molar-refractivity contribution in [3.8, 4) is 11.5 Å². The van der Waals surface area contributed by atoms with Crippen LogP contribution in [0.2, 0.25) is 0 Å². The molecule has 0 spiro atoms. The van der Waals surface area contributed by atoms with E-state index in [1.807, 2.05) is 24.3 Å². The largest absolute Gasteiger partial charge is 0.493 e. The Kier molecular flexibility index (Phi) is 4.29. The second-order valence-corrected chi connectivity index (χ2v) is 5.16. The van der Waals surface area contributed by atoms with Crippen molar-refractivity contribution in [2.45, 2.75) is 6.92 Å². The van der Waals surface area contributed by atoms with Crippen LogP contribution >= 0.6 is 0 Å². The summed E-state index contributed by atoms with van der Waals surface area (Å²) in [4.78, 5) is 21.3. The number of carbonyl (C=O) groups excluding carboxylic acids is 1. The Labute approximate surface area is 139 Å². The van der Waals surface area contributed by atoms with Gasteiger partial charge in [0.25, 0.3) is 5.91 Å². The number of benzene rings is 2. The zero-order valence-corrected chi connectivity index (χ0v) is 13.7. The second kappa shape index (κ2) is 6.54. The summed E-state index contributed by atoms with van der Waals surface area (Å²) in [6.07, 6.45) is 0. The van der Waals surface area contributed by atoms with Gasteiger partial charge in [0.15, 0.2) is 11.5 Å². The minimum atomic E-state index is -0.302. The molecule has 0 saturated carbocycles. The topological polar surface area (TPSA) is 73.3 Å². The normalized spacial score (nSPS) is 10.5. The number of amides is 1. The first kappa shape index (κ1) is 15.7. The van der Waals surface area contributed by atoms with Crippen LogP contribution in [0.4, 0.5) is 5.69 Å². The smallest absolute Gasteiger partial charge is 0.275 e. The molecule has 2 aromatic carbocycles. The molecular formula is C18H17N3O3. The van der Waals surface area contributed by atoms with Gasteiger partial charge in [0.1, 0.15) is 11.5 Å². The molecule has 1 amide bonds. The number of hydrogen-bond acceptors (Lipinski definition) is 5. The molecular weight excluding hydrogens is 306 g/mol. The second-order valence-electron chi connectivity index (χ2n) is 5.16. The molecule has 3 rings (SSSR count). The molecule has 0 fully saturated rings. The Balaban J connectivity index is 1.96. The third kappa shape index (κ3) is 2.99. The maximum Gasteiger partial charge on any atom is 0.275 e. The van der Waals surface area contributed by atoms with E-state index in [0.717, 1.165) is 5.52 Å². The summed E-state index contributed by atoms with van der Waals surface area (Å²) in [7, 11) is 3.11. The summed E-state index contributed by atoms with van der Waals surface area (Å²) in [5.41, 5.74) is 1.67. The number of nitrogens with one attached hydrogen (secondary N) is 1. The van der Waals surface area contributed by atoms with E-state index in [0.29, 0.717) is 34.1 Å². The van der Waals surface area contributed by atoms with Gasteiger partial charge < -0.3 is 14.8 Å². The summed E-state index contributed by atoms with van der Waals surface area (Å²) in [6.45, 7) is 1.76. The van der Waals surface area contributed by atoms with Crippen molar-refractivity contribution in [2.24, 2.45) is 0 Å². The Morgan fingerprint density at radius 1 is 1.00 bits per heavy atom. The van der Waals surface area contributed by atoms with E-state index in [1.165, 1.54) is 0 Å². The van der Waals surface area contributed by atoms with E-state index in [-0.39, 0.29) is 5.91 Å². The number of carbonyl (C=O) groups is 1. The lowest BCUT2D eigenvalue weighted by atomic mass is 10.1. The molecule has 1 N–H and O–H groups in total. The lowest BCUT2D eigenvalue weighted by Crippen LogP contribution is -2.15. The standard InChI is InChI=1S/C18H17N3O3/c1-11-19-14-7-5-4-6-13(14)17(20-11)18(22)21-12-8-9-15(23-2)16(10-12)24-3/h4-10H,1-3H3,(H,21,22). The van der Waals surface area contributed by atoms with E-state index in [4.69, 9.17) is 9.47 Å². The first-order valence-electron chi connectivity index (χ1n) is 7.39. The van der Waals surface area contributed by atoms with Crippen LogP contribution in [0.5, 0.6) is 11.5 Å². The van der Waals surface area contributed by atoms with Crippen LogP contribution < -0.4 is 14.8 Å². The molecule has 6 heteroatoms. The third-order valence-electron chi connectivity index (χ3n) is 3.57. The van der Waals surface area contributed by atoms with Crippen molar-refractivity contribution in [1.82, 2.24) is 9.97 Å². The monoisotopic (exact) mass is 323 g/mol. The first-order chi connectivity index (χ1) is 11.6. The maximum atomic E-state index is 12.7. The fourth-order valence-corrected chi connectivity index (χ4v) is 2.47. The number of para-hydroxylation sites is 1. The quantitative estimate of drug-likeness (QED) is 0.798. The van der Waals surface area contributed by atoms with Crippen molar-refractivity contribution in [3.63, 3.8) is 0 Å². The van der Waals surface area contributed by atoms with Gasteiger partial charge in [-0.15, -0.1) is 0 Å². The molecule has 0 saturated heterocycles. The third-order valence-corrected chi connectivity index (χ3v) is 3.57. The number of aryl methyl sites for hydroxylation is 1. The fourth-order valence-electron chi connectivity index (χ4n) is 2.47. The summed E-state index contributed by atoms with van der Waals surface area (Å²) in [5, 5.41) is 3.55. The molecule has 122 valence electrons. The Bertz CT molecular complexity index is 909. The highest BCUT2D eigenvalue weighted by Gasteiger charge is 2.15. The van der Waals surface area contributed by atoms with E-state index in [2.05, 4.69) is 15.3 Å². The van der Waals surface area contributed by atoms with Crippen molar-refractivity contribution in [1.29, 1.82) is 0 Å². The Morgan fingerprint density at radius 3 is 2.50 bits per heavy atom. The van der Waals surface area contributed by atoms with Gasteiger partial charge in [-0.2, -0.15) is 0 Å². The molecule has 0 aliphatic rings. The molecule has 0 radical (unpaired) electrons. The van der Waals surface area contributed by atoms with Crippen LogP contribution in [0.3, 0.4) is 0 Å². The van der Waals surface area contributed by atoms with Gasteiger partial charge in [-0.1, -0.05) is 18.2 Å². The van der Waals surface area contributed by atoms with Gasteiger partial charge in [-0.05, 0) is 25.1 Å². The molecule has 0 atom stereocenters. The van der Waals surface area contributed by atoms with Gasteiger partial charge in [-0.3, -0.25) is 4.79 Å². The number of rotatable bonds is 4. The highest BCUT2D eigenvalue weighted by Crippen LogP contribution is 2.30. The molecule has 3 aromatic rings. The van der Waals surface area contributed by atoms with Gasteiger partial charge in [0.2, 0.25) is 0 Å². The molecule has 0 unspecified atom stereocenters. The minimum absolute atomic E-state index is 0.302. The number of hydrogen-bond donors (Lipinski definition) is 1. The molecule has 6 nitrogen and oxygen atoms in total. The van der Waals surface area contributed by atoms with Crippen molar-refractivity contribution >= 4 is 22.5 Å². The molecule has 1 aromatic heterocycles.